The Morgan fingerprint density at radius 1 is 1.22 bits per heavy atom. The lowest BCUT2D eigenvalue weighted by molar-refractivity contribution is -0.384. The molecule has 0 aliphatic carbocycles. The van der Waals surface area contributed by atoms with Crippen LogP contribution >= 0.6 is 11.8 Å². The predicted octanol–water partition coefficient (Wildman–Crippen LogP) is 2.88. The molecule has 27 heavy (non-hydrogen) atoms. The fraction of sp³-hybridized carbons (Fsp3) is 0.222. The van der Waals surface area contributed by atoms with Gasteiger partial charge in [-0.3, -0.25) is 24.6 Å². The van der Waals surface area contributed by atoms with Gasteiger partial charge < -0.3 is 10.1 Å². The van der Waals surface area contributed by atoms with E-state index in [1.807, 2.05) is 0 Å². The maximum Gasteiger partial charge on any atom is 0.269 e. The smallest absolute Gasteiger partial charge is 0.269 e. The predicted molar refractivity (Wildman–Crippen MR) is 101 cm³/mol. The summed E-state index contributed by atoms with van der Waals surface area (Å²) in [6, 6.07) is 11.0. The maximum atomic E-state index is 13.0. The lowest BCUT2D eigenvalue weighted by atomic mass is 10.0. The Bertz CT molecular complexity index is 962. The number of thioether (sulfide) groups is 1. The second kappa shape index (κ2) is 6.27. The van der Waals surface area contributed by atoms with Gasteiger partial charge in [0.1, 0.15) is 5.75 Å². The van der Waals surface area contributed by atoms with E-state index in [4.69, 9.17) is 4.74 Å². The van der Waals surface area contributed by atoms with Crippen LogP contribution in [0.4, 0.5) is 17.1 Å². The van der Waals surface area contributed by atoms with E-state index in [-0.39, 0.29) is 23.9 Å². The van der Waals surface area contributed by atoms with Gasteiger partial charge in [-0.25, -0.2) is 0 Å². The van der Waals surface area contributed by atoms with Gasteiger partial charge in [-0.1, -0.05) is 0 Å². The molecule has 8 nitrogen and oxygen atoms in total. The quantitative estimate of drug-likeness (QED) is 0.644. The monoisotopic (exact) mass is 385 g/mol. The fourth-order valence-electron chi connectivity index (χ4n) is 3.42. The van der Waals surface area contributed by atoms with Gasteiger partial charge in [-0.15, -0.1) is 11.8 Å². The number of rotatable bonds is 3. The fourth-order valence-corrected chi connectivity index (χ4v) is 4.84. The number of non-ortho nitro benzene ring substituents is 1. The van der Waals surface area contributed by atoms with Crippen LogP contribution in [0.5, 0.6) is 5.75 Å². The number of amides is 2. The number of nitrogens with zero attached hydrogens (tertiary/aromatic N) is 2. The van der Waals surface area contributed by atoms with Crippen molar-refractivity contribution in [1.82, 2.24) is 0 Å². The molecule has 1 unspecified atom stereocenters. The summed E-state index contributed by atoms with van der Waals surface area (Å²) >= 11 is 1.30. The summed E-state index contributed by atoms with van der Waals surface area (Å²) in [6.07, 6.45) is 0.274. The third kappa shape index (κ3) is 2.54. The number of fused-ring (bicyclic) bond motifs is 2. The number of carbonyl (C=O) groups is 2. The average Bonchev–Trinajstić information content (AvgIpc) is 2.93. The Hall–Kier alpha value is -3.07. The minimum atomic E-state index is -1.37. The van der Waals surface area contributed by atoms with Gasteiger partial charge in [-0.2, -0.15) is 0 Å². The number of nitro groups is 1. The highest BCUT2D eigenvalue weighted by Gasteiger charge is 2.56. The summed E-state index contributed by atoms with van der Waals surface area (Å²) in [4.78, 5) is 36.7. The van der Waals surface area contributed by atoms with E-state index < -0.39 is 9.79 Å². The molecule has 1 saturated heterocycles. The molecule has 0 saturated carbocycles. The van der Waals surface area contributed by atoms with Gasteiger partial charge >= 0.3 is 0 Å². The molecule has 9 heteroatoms. The van der Waals surface area contributed by atoms with E-state index >= 15 is 0 Å². The zero-order chi connectivity index (χ0) is 19.2. The number of benzene rings is 2. The van der Waals surface area contributed by atoms with Crippen LogP contribution in [-0.2, 0) is 14.5 Å². The number of nitrogens with one attached hydrogen (secondary N) is 1. The summed E-state index contributed by atoms with van der Waals surface area (Å²) in [5.41, 5.74) is 1.31. The molecule has 2 amide bonds. The molecule has 2 aliphatic rings. The van der Waals surface area contributed by atoms with Crippen molar-refractivity contribution in [3.63, 3.8) is 0 Å². The molecule has 0 radical (unpaired) electrons. The molecule has 2 aromatic carbocycles. The third-order valence-electron chi connectivity index (χ3n) is 4.66. The molecule has 2 aliphatic heterocycles. The second-order valence-corrected chi connectivity index (χ2v) is 7.40. The number of hydrogen-bond acceptors (Lipinski definition) is 6. The van der Waals surface area contributed by atoms with Crippen LogP contribution in [0, 0.1) is 10.1 Å². The first-order valence-corrected chi connectivity index (χ1v) is 9.17. The molecule has 2 aromatic rings. The first-order valence-electron chi connectivity index (χ1n) is 8.19. The number of nitro benzene ring substituents is 1. The maximum absolute atomic E-state index is 13.0. The summed E-state index contributed by atoms with van der Waals surface area (Å²) in [5, 5.41) is 14.0. The molecule has 1 atom stereocenters. The first-order chi connectivity index (χ1) is 13.0. The number of methoxy groups -OCH3 is 1. The van der Waals surface area contributed by atoms with Gasteiger partial charge in [0, 0.05) is 41.2 Å². The Morgan fingerprint density at radius 3 is 2.63 bits per heavy atom. The van der Waals surface area contributed by atoms with Crippen molar-refractivity contribution in [3.8, 4) is 5.75 Å². The molecule has 1 N–H and O–H groups in total. The topological polar surface area (TPSA) is 102 Å². The van der Waals surface area contributed by atoms with Gasteiger partial charge in [-0.05, 0) is 30.3 Å². The molecule has 1 fully saturated rings. The lowest BCUT2D eigenvalue weighted by Crippen LogP contribution is -2.54. The van der Waals surface area contributed by atoms with Crippen molar-refractivity contribution in [1.29, 1.82) is 0 Å². The van der Waals surface area contributed by atoms with Crippen molar-refractivity contribution >= 4 is 40.6 Å². The van der Waals surface area contributed by atoms with Crippen molar-refractivity contribution in [2.24, 2.45) is 0 Å². The summed E-state index contributed by atoms with van der Waals surface area (Å²) in [7, 11) is 1.54. The van der Waals surface area contributed by atoms with Gasteiger partial charge in [0.2, 0.25) is 10.8 Å². The number of anilines is 2. The highest BCUT2D eigenvalue weighted by Crippen LogP contribution is 2.53. The van der Waals surface area contributed by atoms with E-state index in [0.29, 0.717) is 28.4 Å². The Balaban J connectivity index is 1.91. The zero-order valence-electron chi connectivity index (χ0n) is 14.3. The molecule has 4 rings (SSSR count). The molecule has 138 valence electrons. The van der Waals surface area contributed by atoms with Gasteiger partial charge in [0.15, 0.2) is 0 Å². The van der Waals surface area contributed by atoms with E-state index in [0.717, 1.165) is 0 Å². The molecule has 1 spiro atoms. The Morgan fingerprint density at radius 2 is 1.96 bits per heavy atom. The minimum absolute atomic E-state index is 0.127. The van der Waals surface area contributed by atoms with Crippen LogP contribution in [0.2, 0.25) is 0 Å². The largest absolute Gasteiger partial charge is 0.497 e. The van der Waals surface area contributed by atoms with Crippen LogP contribution in [0.25, 0.3) is 0 Å². The highest BCUT2D eigenvalue weighted by atomic mass is 32.2. The number of hydrogen-bond donors (Lipinski definition) is 1. The highest BCUT2D eigenvalue weighted by molar-refractivity contribution is 8.01. The molecule has 2 heterocycles. The van der Waals surface area contributed by atoms with Crippen LogP contribution in [0.15, 0.2) is 42.5 Å². The van der Waals surface area contributed by atoms with E-state index in [1.54, 1.807) is 24.3 Å². The van der Waals surface area contributed by atoms with Crippen molar-refractivity contribution in [2.45, 2.75) is 11.3 Å². The minimum Gasteiger partial charge on any atom is -0.497 e. The van der Waals surface area contributed by atoms with Crippen LogP contribution in [-0.4, -0.2) is 29.6 Å². The lowest BCUT2D eigenvalue weighted by Gasteiger charge is -2.42. The zero-order valence-corrected chi connectivity index (χ0v) is 15.1. The molecular formula is C18H15N3O5S. The van der Waals surface area contributed by atoms with Crippen LogP contribution < -0.4 is 15.0 Å². The third-order valence-corrected chi connectivity index (χ3v) is 6.07. The van der Waals surface area contributed by atoms with E-state index in [1.165, 1.54) is 42.0 Å². The SMILES string of the molecule is COc1ccc(N2C(=O)CCSC23C(=O)Nc2ccc([N+](=O)[O-])cc23)cc1. The summed E-state index contributed by atoms with van der Waals surface area (Å²) in [6.45, 7) is 0. The summed E-state index contributed by atoms with van der Waals surface area (Å²) < 4.78 is 5.16. The van der Waals surface area contributed by atoms with Crippen LogP contribution in [0.3, 0.4) is 0 Å². The number of ether oxygens (including phenoxy) is 1. The normalized spacial score (nSPS) is 21.1. The molecular weight excluding hydrogens is 370 g/mol. The van der Waals surface area contributed by atoms with E-state index in [2.05, 4.69) is 5.32 Å². The van der Waals surface area contributed by atoms with Crippen molar-refractivity contribution < 1.29 is 19.2 Å². The Kier molecular flexibility index (Phi) is 4.03. The first kappa shape index (κ1) is 17.3. The standard InChI is InChI=1S/C18H15N3O5S/c1-26-13-5-2-11(3-6-13)20-16(22)8-9-27-18(20)14-10-12(21(24)25)4-7-15(14)19-17(18)23/h2-7,10H,8-9H2,1H3,(H,19,23). The molecule has 0 bridgehead atoms. The molecule has 0 aromatic heterocycles. The second-order valence-electron chi connectivity index (χ2n) is 6.11. The van der Waals surface area contributed by atoms with E-state index in [9.17, 15) is 19.7 Å². The van der Waals surface area contributed by atoms with Gasteiger partial charge in [0.05, 0.1) is 12.0 Å². The van der Waals surface area contributed by atoms with Crippen molar-refractivity contribution in [3.05, 3.63) is 58.1 Å². The summed E-state index contributed by atoms with van der Waals surface area (Å²) in [5.74, 6) is 0.471. The van der Waals surface area contributed by atoms with Crippen molar-refractivity contribution in [2.75, 3.05) is 23.1 Å². The average molecular weight is 385 g/mol. The Labute approximate surface area is 158 Å². The number of carbonyl (C=O) groups excluding carboxylic acids is 2. The van der Waals surface area contributed by atoms with Crippen LogP contribution in [0.1, 0.15) is 12.0 Å². The van der Waals surface area contributed by atoms with Gasteiger partial charge in [0.25, 0.3) is 11.6 Å².